The predicted molar refractivity (Wildman–Crippen MR) is 69.0 cm³/mol. The quantitative estimate of drug-likeness (QED) is 0.905. The van der Waals surface area contributed by atoms with Crippen LogP contribution in [0.1, 0.15) is 24.7 Å². The molecule has 4 heteroatoms. The van der Waals surface area contributed by atoms with Gasteiger partial charge < -0.3 is 4.98 Å². The number of benzene rings is 1. The van der Waals surface area contributed by atoms with Crippen molar-refractivity contribution in [1.29, 1.82) is 0 Å². The molecule has 1 aromatic heterocycles. The van der Waals surface area contributed by atoms with E-state index in [2.05, 4.69) is 9.97 Å². The Morgan fingerprint density at radius 2 is 2.17 bits per heavy atom. The van der Waals surface area contributed by atoms with Crippen molar-refractivity contribution in [1.82, 2.24) is 9.97 Å². The Hall–Kier alpha value is -1.97. The lowest BCUT2D eigenvalue weighted by Crippen LogP contribution is -2.11. The second-order valence-electron chi connectivity index (χ2n) is 4.24. The monoisotopic (exact) mass is 246 g/mol. The molecular formula is C14H15FN2O. The number of rotatable bonds is 3. The maximum Gasteiger partial charge on any atom is 0.251 e. The molecule has 0 aliphatic rings. The molecule has 18 heavy (non-hydrogen) atoms. The summed E-state index contributed by atoms with van der Waals surface area (Å²) in [7, 11) is 0. The fourth-order valence-corrected chi connectivity index (χ4v) is 1.89. The van der Waals surface area contributed by atoms with E-state index in [0.717, 1.165) is 6.42 Å². The molecule has 0 unspecified atom stereocenters. The molecule has 0 fully saturated rings. The van der Waals surface area contributed by atoms with Crippen molar-refractivity contribution in [2.45, 2.75) is 26.7 Å². The molecule has 94 valence electrons. The molecule has 0 bridgehead atoms. The Morgan fingerprint density at radius 1 is 1.39 bits per heavy atom. The molecule has 0 saturated carbocycles. The number of aromatic amines is 1. The van der Waals surface area contributed by atoms with Crippen LogP contribution < -0.4 is 5.56 Å². The first-order valence-corrected chi connectivity index (χ1v) is 5.97. The van der Waals surface area contributed by atoms with Gasteiger partial charge in [0.2, 0.25) is 0 Å². The van der Waals surface area contributed by atoms with Crippen LogP contribution in [0.2, 0.25) is 0 Å². The third-order valence-corrected chi connectivity index (χ3v) is 2.82. The predicted octanol–water partition coefficient (Wildman–Crippen LogP) is 2.84. The van der Waals surface area contributed by atoms with Crippen molar-refractivity contribution in [2.24, 2.45) is 0 Å². The van der Waals surface area contributed by atoms with Gasteiger partial charge in [0.15, 0.2) is 0 Å². The Balaban J connectivity index is 2.56. The normalized spacial score (nSPS) is 10.6. The highest BCUT2D eigenvalue weighted by molar-refractivity contribution is 5.63. The largest absolute Gasteiger partial charge is 0.311 e. The second kappa shape index (κ2) is 5.12. The zero-order valence-electron chi connectivity index (χ0n) is 10.5. The van der Waals surface area contributed by atoms with Crippen molar-refractivity contribution in [3.63, 3.8) is 0 Å². The highest BCUT2D eigenvalue weighted by atomic mass is 19.1. The van der Waals surface area contributed by atoms with Crippen LogP contribution in [0.15, 0.2) is 29.1 Å². The number of H-pyrrole nitrogens is 1. The smallest absolute Gasteiger partial charge is 0.251 e. The Kier molecular flexibility index (Phi) is 3.55. The van der Waals surface area contributed by atoms with Crippen LogP contribution in [0.4, 0.5) is 4.39 Å². The maximum atomic E-state index is 13.5. The molecule has 2 aromatic rings. The van der Waals surface area contributed by atoms with Gasteiger partial charge in [0.05, 0.1) is 5.69 Å². The molecule has 1 N–H and O–H groups in total. The van der Waals surface area contributed by atoms with Gasteiger partial charge in [0.25, 0.3) is 5.56 Å². The molecule has 1 heterocycles. The van der Waals surface area contributed by atoms with E-state index in [9.17, 15) is 9.18 Å². The first kappa shape index (κ1) is 12.5. The van der Waals surface area contributed by atoms with E-state index in [-0.39, 0.29) is 11.4 Å². The molecule has 0 spiro atoms. The Morgan fingerprint density at radius 3 is 2.89 bits per heavy atom. The summed E-state index contributed by atoms with van der Waals surface area (Å²) < 4.78 is 13.5. The second-order valence-corrected chi connectivity index (χ2v) is 4.24. The molecule has 0 aliphatic heterocycles. The van der Waals surface area contributed by atoms with E-state index in [1.807, 2.05) is 6.92 Å². The summed E-state index contributed by atoms with van der Waals surface area (Å²) in [4.78, 5) is 18.6. The van der Waals surface area contributed by atoms with Crippen LogP contribution in [0.5, 0.6) is 0 Å². The van der Waals surface area contributed by atoms with Crippen LogP contribution in [0.25, 0.3) is 11.3 Å². The molecule has 0 saturated heterocycles. The SMILES string of the molecule is CCCc1nc(-c2cccc(F)c2C)cc(=O)[nH]1. The molecule has 3 nitrogen and oxygen atoms in total. The van der Waals surface area contributed by atoms with Gasteiger partial charge in [-0.1, -0.05) is 19.1 Å². The Labute approximate surface area is 105 Å². The molecule has 2 rings (SSSR count). The van der Waals surface area contributed by atoms with Crippen LogP contribution in [-0.4, -0.2) is 9.97 Å². The first-order valence-electron chi connectivity index (χ1n) is 5.97. The molecule has 1 aromatic carbocycles. The van der Waals surface area contributed by atoms with E-state index >= 15 is 0 Å². The standard InChI is InChI=1S/C14H15FN2O/c1-3-5-13-16-12(8-14(18)17-13)10-6-4-7-11(15)9(10)2/h4,6-8H,3,5H2,1-2H3,(H,16,17,18). The van der Waals surface area contributed by atoms with Crippen molar-refractivity contribution in [3.8, 4) is 11.3 Å². The highest BCUT2D eigenvalue weighted by Gasteiger charge is 2.09. The van der Waals surface area contributed by atoms with E-state index in [1.165, 1.54) is 12.1 Å². The topological polar surface area (TPSA) is 45.8 Å². The number of nitrogens with one attached hydrogen (secondary N) is 1. The number of hydrogen-bond donors (Lipinski definition) is 1. The van der Waals surface area contributed by atoms with Crippen LogP contribution in [0.3, 0.4) is 0 Å². The van der Waals surface area contributed by atoms with Gasteiger partial charge in [-0.3, -0.25) is 4.79 Å². The summed E-state index contributed by atoms with van der Waals surface area (Å²) in [5, 5.41) is 0. The van der Waals surface area contributed by atoms with Crippen molar-refractivity contribution in [2.75, 3.05) is 0 Å². The van der Waals surface area contributed by atoms with Gasteiger partial charge in [-0.05, 0) is 25.0 Å². The minimum atomic E-state index is -0.286. The van der Waals surface area contributed by atoms with Gasteiger partial charge in [0, 0.05) is 18.1 Å². The maximum absolute atomic E-state index is 13.5. The fourth-order valence-electron chi connectivity index (χ4n) is 1.89. The lowest BCUT2D eigenvalue weighted by molar-refractivity contribution is 0.619. The summed E-state index contributed by atoms with van der Waals surface area (Å²) in [5.41, 5.74) is 1.50. The van der Waals surface area contributed by atoms with Crippen molar-refractivity contribution in [3.05, 3.63) is 51.8 Å². The van der Waals surface area contributed by atoms with Crippen LogP contribution >= 0.6 is 0 Å². The summed E-state index contributed by atoms with van der Waals surface area (Å²) >= 11 is 0. The number of halogens is 1. The van der Waals surface area contributed by atoms with Gasteiger partial charge in [-0.2, -0.15) is 0 Å². The van der Waals surface area contributed by atoms with E-state index in [1.54, 1.807) is 19.1 Å². The van der Waals surface area contributed by atoms with Gasteiger partial charge in [-0.15, -0.1) is 0 Å². The molecule has 0 radical (unpaired) electrons. The summed E-state index contributed by atoms with van der Waals surface area (Å²) in [6, 6.07) is 6.20. The van der Waals surface area contributed by atoms with Crippen molar-refractivity contribution < 1.29 is 4.39 Å². The van der Waals surface area contributed by atoms with Crippen molar-refractivity contribution >= 4 is 0 Å². The van der Waals surface area contributed by atoms with E-state index in [0.29, 0.717) is 29.1 Å². The average Bonchev–Trinajstić information content (AvgIpc) is 2.32. The number of aryl methyl sites for hydroxylation is 1. The number of hydrogen-bond acceptors (Lipinski definition) is 2. The minimum Gasteiger partial charge on any atom is -0.311 e. The molecular weight excluding hydrogens is 231 g/mol. The first-order chi connectivity index (χ1) is 8.61. The zero-order chi connectivity index (χ0) is 13.1. The average molecular weight is 246 g/mol. The van der Waals surface area contributed by atoms with E-state index in [4.69, 9.17) is 0 Å². The Bertz CT molecular complexity index is 619. The highest BCUT2D eigenvalue weighted by Crippen LogP contribution is 2.22. The molecule has 0 atom stereocenters. The number of nitrogens with zero attached hydrogens (tertiary/aromatic N) is 1. The van der Waals surface area contributed by atoms with Crippen LogP contribution in [-0.2, 0) is 6.42 Å². The summed E-state index contributed by atoms with van der Waals surface area (Å²) in [6.45, 7) is 3.70. The van der Waals surface area contributed by atoms with Gasteiger partial charge in [-0.25, -0.2) is 9.37 Å². The summed E-state index contributed by atoms with van der Waals surface area (Å²) in [5.74, 6) is 0.357. The van der Waals surface area contributed by atoms with Gasteiger partial charge >= 0.3 is 0 Å². The zero-order valence-corrected chi connectivity index (χ0v) is 10.5. The third-order valence-electron chi connectivity index (χ3n) is 2.82. The van der Waals surface area contributed by atoms with E-state index < -0.39 is 0 Å². The lowest BCUT2D eigenvalue weighted by Gasteiger charge is -2.07. The molecule has 0 amide bonds. The molecule has 0 aliphatic carbocycles. The summed E-state index contributed by atoms with van der Waals surface area (Å²) in [6.07, 6.45) is 1.60. The minimum absolute atomic E-state index is 0.202. The number of aromatic nitrogens is 2. The van der Waals surface area contributed by atoms with Crippen LogP contribution in [0, 0.1) is 12.7 Å². The van der Waals surface area contributed by atoms with Gasteiger partial charge in [0.1, 0.15) is 11.6 Å². The fraction of sp³-hybridized carbons (Fsp3) is 0.286. The lowest BCUT2D eigenvalue weighted by atomic mass is 10.1. The third kappa shape index (κ3) is 2.47.